The summed E-state index contributed by atoms with van der Waals surface area (Å²) in [7, 11) is 0. The van der Waals surface area contributed by atoms with Crippen molar-refractivity contribution in [1.82, 2.24) is 10.6 Å². The summed E-state index contributed by atoms with van der Waals surface area (Å²) in [5.41, 5.74) is 4.41. The van der Waals surface area contributed by atoms with E-state index in [0.717, 1.165) is 35.1 Å². The molecule has 0 saturated heterocycles. The van der Waals surface area contributed by atoms with Crippen LogP contribution >= 0.6 is 0 Å². The molecule has 3 N–H and O–H groups in total. The smallest absolute Gasteiger partial charge is 0.407 e. The van der Waals surface area contributed by atoms with Crippen LogP contribution in [-0.4, -0.2) is 41.8 Å². The number of rotatable bonds is 11. The Morgan fingerprint density at radius 1 is 1.06 bits per heavy atom. The summed E-state index contributed by atoms with van der Waals surface area (Å²) in [6.07, 6.45) is 6.59. The number of carboxylic acids is 1. The van der Waals surface area contributed by atoms with Crippen molar-refractivity contribution in [3.8, 4) is 23.5 Å². The Kier molecular flexibility index (Phi) is 8.69. The first-order valence-corrected chi connectivity index (χ1v) is 11.5. The molecule has 7 nitrogen and oxygen atoms in total. The lowest BCUT2D eigenvalue weighted by atomic mass is 9.98. The molecule has 178 valence electrons. The second kappa shape index (κ2) is 11.9. The van der Waals surface area contributed by atoms with Crippen LogP contribution in [0.15, 0.2) is 48.5 Å². The lowest BCUT2D eigenvalue weighted by Gasteiger charge is -2.22. The molecule has 0 saturated carbocycles. The Labute approximate surface area is 199 Å². The predicted octanol–water partition coefficient (Wildman–Crippen LogP) is 4.07. The van der Waals surface area contributed by atoms with Gasteiger partial charge in [0.15, 0.2) is 0 Å². The molecule has 0 spiro atoms. The van der Waals surface area contributed by atoms with E-state index in [1.165, 1.54) is 0 Å². The number of ether oxygens (including phenoxy) is 1. The van der Waals surface area contributed by atoms with E-state index in [1.54, 1.807) is 0 Å². The van der Waals surface area contributed by atoms with Crippen molar-refractivity contribution < 1.29 is 24.2 Å². The van der Waals surface area contributed by atoms with E-state index in [4.69, 9.17) is 16.3 Å². The molecule has 2 aromatic carbocycles. The van der Waals surface area contributed by atoms with Crippen LogP contribution in [0.4, 0.5) is 4.79 Å². The van der Waals surface area contributed by atoms with Crippen LogP contribution in [0.25, 0.3) is 11.1 Å². The van der Waals surface area contributed by atoms with Crippen LogP contribution in [0.5, 0.6) is 0 Å². The average molecular weight is 463 g/mol. The summed E-state index contributed by atoms with van der Waals surface area (Å²) in [6.45, 7) is 2.10. The number of hydrogen-bond acceptors (Lipinski definition) is 4. The van der Waals surface area contributed by atoms with Gasteiger partial charge < -0.3 is 20.5 Å². The Balaban J connectivity index is 1.62. The quantitative estimate of drug-likeness (QED) is 0.437. The second-order valence-corrected chi connectivity index (χ2v) is 8.38. The van der Waals surface area contributed by atoms with Gasteiger partial charge in [-0.25, -0.2) is 4.79 Å². The van der Waals surface area contributed by atoms with E-state index in [0.29, 0.717) is 6.42 Å². The molecule has 34 heavy (non-hydrogen) atoms. The lowest BCUT2D eigenvalue weighted by Crippen LogP contribution is -2.50. The van der Waals surface area contributed by atoms with Gasteiger partial charge in [-0.1, -0.05) is 68.3 Å². The summed E-state index contributed by atoms with van der Waals surface area (Å²) in [5.74, 6) is 0.762. The fourth-order valence-electron chi connectivity index (χ4n) is 4.30. The van der Waals surface area contributed by atoms with E-state index < -0.39 is 30.1 Å². The molecule has 0 fully saturated rings. The zero-order chi connectivity index (χ0) is 24.5. The van der Waals surface area contributed by atoms with Gasteiger partial charge in [0.05, 0.1) is 6.42 Å². The topological polar surface area (TPSA) is 105 Å². The number of carbonyl (C=O) groups excluding carboxylic acids is 2. The molecular formula is C27H30N2O5. The number of carbonyl (C=O) groups is 3. The van der Waals surface area contributed by atoms with Crippen molar-refractivity contribution in [3.05, 3.63) is 59.7 Å². The van der Waals surface area contributed by atoms with E-state index in [1.807, 2.05) is 55.5 Å². The van der Waals surface area contributed by atoms with Crippen LogP contribution in [0, 0.1) is 12.3 Å². The van der Waals surface area contributed by atoms with Crippen LogP contribution < -0.4 is 10.6 Å². The highest BCUT2D eigenvalue weighted by Crippen LogP contribution is 2.44. The van der Waals surface area contributed by atoms with Gasteiger partial charge >= 0.3 is 12.1 Å². The van der Waals surface area contributed by atoms with E-state index in [2.05, 4.69) is 16.6 Å². The number of unbranched alkanes of at least 4 members (excludes halogenated alkanes) is 1. The summed E-state index contributed by atoms with van der Waals surface area (Å²) >= 11 is 0. The molecule has 2 aromatic rings. The van der Waals surface area contributed by atoms with Crippen LogP contribution in [0.3, 0.4) is 0 Å². The maximum atomic E-state index is 12.7. The number of alkyl carbamates (subject to hydrolysis) is 1. The van der Waals surface area contributed by atoms with Crippen molar-refractivity contribution >= 4 is 18.0 Å². The Morgan fingerprint density at radius 3 is 2.24 bits per heavy atom. The Morgan fingerprint density at radius 2 is 1.68 bits per heavy atom. The van der Waals surface area contributed by atoms with Gasteiger partial charge in [-0.2, -0.15) is 0 Å². The van der Waals surface area contributed by atoms with Gasteiger partial charge in [0.1, 0.15) is 12.6 Å². The third-order valence-electron chi connectivity index (χ3n) is 5.95. The van der Waals surface area contributed by atoms with Crippen molar-refractivity contribution in [1.29, 1.82) is 0 Å². The molecule has 0 radical (unpaired) electrons. The molecule has 1 unspecified atom stereocenters. The number of hydrogen-bond donors (Lipinski definition) is 3. The van der Waals surface area contributed by atoms with Crippen molar-refractivity contribution in [3.63, 3.8) is 0 Å². The monoisotopic (exact) mass is 462 g/mol. The fourth-order valence-corrected chi connectivity index (χ4v) is 4.30. The number of carboxylic acid groups (broad SMARTS) is 1. The molecule has 0 heterocycles. The molecule has 0 bridgehead atoms. The zero-order valence-electron chi connectivity index (χ0n) is 19.3. The molecular weight excluding hydrogens is 432 g/mol. The number of fused-ring (bicyclic) bond motifs is 3. The van der Waals surface area contributed by atoms with Crippen LogP contribution in [-0.2, 0) is 14.3 Å². The first-order valence-electron chi connectivity index (χ1n) is 11.5. The molecule has 0 aliphatic heterocycles. The highest BCUT2D eigenvalue weighted by molar-refractivity contribution is 5.86. The Bertz CT molecular complexity index is 1030. The minimum absolute atomic E-state index is 0.0381. The SMILES string of the molecule is C#CCC(NC(=O)OCC1c2ccccc2-c2ccccc21)C(=O)N[C@H](CCCC)CC(=O)O. The van der Waals surface area contributed by atoms with Crippen LogP contribution in [0.2, 0.25) is 0 Å². The summed E-state index contributed by atoms with van der Waals surface area (Å²) in [5, 5.41) is 14.4. The minimum atomic E-state index is -1.02. The minimum Gasteiger partial charge on any atom is -0.481 e. The average Bonchev–Trinajstić information content (AvgIpc) is 3.14. The van der Waals surface area contributed by atoms with E-state index in [-0.39, 0.29) is 25.4 Å². The summed E-state index contributed by atoms with van der Waals surface area (Å²) in [4.78, 5) is 36.5. The largest absolute Gasteiger partial charge is 0.481 e. The molecule has 2 atom stereocenters. The summed E-state index contributed by atoms with van der Waals surface area (Å²) < 4.78 is 5.51. The van der Waals surface area contributed by atoms with Crippen molar-refractivity contribution in [2.24, 2.45) is 0 Å². The maximum absolute atomic E-state index is 12.7. The van der Waals surface area contributed by atoms with Crippen molar-refractivity contribution in [2.75, 3.05) is 6.61 Å². The highest BCUT2D eigenvalue weighted by Gasteiger charge is 2.30. The third kappa shape index (κ3) is 6.16. The Hall–Kier alpha value is -3.79. The van der Waals surface area contributed by atoms with Gasteiger partial charge in [0.2, 0.25) is 5.91 Å². The van der Waals surface area contributed by atoms with Gasteiger partial charge in [-0.15, -0.1) is 12.3 Å². The number of nitrogens with one attached hydrogen (secondary N) is 2. The van der Waals surface area contributed by atoms with Gasteiger partial charge in [0, 0.05) is 18.4 Å². The molecule has 3 rings (SSSR count). The second-order valence-electron chi connectivity index (χ2n) is 8.38. The summed E-state index contributed by atoms with van der Waals surface area (Å²) in [6, 6.07) is 14.5. The standard InChI is InChI=1S/C27H30N2O5/c1-3-5-11-18(16-25(30)31)28-26(32)24(10-4-2)29-27(33)34-17-23-21-14-8-6-12-19(21)20-13-7-9-15-22(20)23/h2,6-9,12-15,18,23-24H,3,5,10-11,16-17H2,1H3,(H,28,32)(H,29,33)(H,30,31)/t18-,24?/m1/s1. The molecule has 1 aliphatic rings. The maximum Gasteiger partial charge on any atom is 0.407 e. The molecule has 0 aromatic heterocycles. The molecule has 7 heteroatoms. The van der Waals surface area contributed by atoms with Crippen molar-refractivity contribution in [2.45, 2.75) is 57.0 Å². The zero-order valence-corrected chi connectivity index (χ0v) is 19.3. The van der Waals surface area contributed by atoms with E-state index in [9.17, 15) is 14.4 Å². The first kappa shape index (κ1) is 24.8. The third-order valence-corrected chi connectivity index (χ3v) is 5.95. The number of terminal acetylenes is 1. The lowest BCUT2D eigenvalue weighted by molar-refractivity contribution is -0.137. The predicted molar refractivity (Wildman–Crippen MR) is 129 cm³/mol. The van der Waals surface area contributed by atoms with E-state index >= 15 is 0 Å². The van der Waals surface area contributed by atoms with Gasteiger partial charge in [0.25, 0.3) is 0 Å². The molecule has 1 aliphatic carbocycles. The fraction of sp³-hybridized carbons (Fsp3) is 0.370. The van der Waals surface area contributed by atoms with Gasteiger partial charge in [-0.3, -0.25) is 9.59 Å². The van der Waals surface area contributed by atoms with Gasteiger partial charge in [-0.05, 0) is 28.7 Å². The number of benzene rings is 2. The number of aliphatic carboxylic acids is 1. The number of amides is 2. The normalized spacial score (nSPS) is 13.6. The highest BCUT2D eigenvalue weighted by atomic mass is 16.5. The van der Waals surface area contributed by atoms with Crippen LogP contribution in [0.1, 0.15) is 56.1 Å². The first-order chi connectivity index (χ1) is 16.4. The molecule has 2 amide bonds.